The number of rotatable bonds is 4. The molecule has 3 aromatic heterocycles. The van der Waals surface area contributed by atoms with Crippen LogP contribution in [-0.4, -0.2) is 28.7 Å². The predicted octanol–water partition coefficient (Wildman–Crippen LogP) is 1.67. The van der Waals surface area contributed by atoms with E-state index in [1.165, 1.54) is 13.3 Å². The molecule has 8 heteroatoms. The highest BCUT2D eigenvalue weighted by atomic mass is 32.1. The van der Waals surface area contributed by atoms with Gasteiger partial charge in [-0.3, -0.25) is 14.4 Å². The number of nitrogens with zero attached hydrogens (tertiary/aromatic N) is 1. The number of ketones is 1. The summed E-state index contributed by atoms with van der Waals surface area (Å²) in [5.41, 5.74) is 0.225. The second-order valence-corrected chi connectivity index (χ2v) is 5.90. The number of furan rings is 1. The Morgan fingerprint density at radius 1 is 1.43 bits per heavy atom. The molecule has 23 heavy (non-hydrogen) atoms. The maximum atomic E-state index is 12.3. The van der Waals surface area contributed by atoms with Crippen molar-refractivity contribution in [3.05, 3.63) is 50.8 Å². The van der Waals surface area contributed by atoms with Crippen LogP contribution in [0.4, 0.5) is 0 Å². The van der Waals surface area contributed by atoms with Crippen LogP contribution in [0, 0.1) is 6.92 Å². The molecule has 3 heterocycles. The molecular weight excluding hydrogens is 318 g/mol. The second-order valence-electron chi connectivity index (χ2n) is 4.91. The number of fused-ring (bicyclic) bond motifs is 1. The summed E-state index contributed by atoms with van der Waals surface area (Å²) in [5.74, 6) is -0.0924. The Hall–Kier alpha value is -2.74. The third-order valence-corrected chi connectivity index (χ3v) is 4.59. The molecular formula is C15H13N3O4S. The fourth-order valence-corrected chi connectivity index (χ4v) is 3.43. The normalized spacial score (nSPS) is 10.9. The third kappa shape index (κ3) is 2.68. The molecule has 0 saturated heterocycles. The predicted molar refractivity (Wildman–Crippen MR) is 85.1 cm³/mol. The molecule has 0 aliphatic rings. The lowest BCUT2D eigenvalue weighted by molar-refractivity contribution is 0.0957. The number of hydrogen-bond acceptors (Lipinski definition) is 6. The Bertz CT molecular complexity index is 953. The minimum atomic E-state index is -0.360. The van der Waals surface area contributed by atoms with Crippen LogP contribution in [0.1, 0.15) is 31.6 Å². The van der Waals surface area contributed by atoms with Gasteiger partial charge in [-0.05, 0) is 24.6 Å². The Kier molecular flexibility index (Phi) is 3.83. The van der Waals surface area contributed by atoms with E-state index in [1.54, 1.807) is 19.1 Å². The van der Waals surface area contributed by atoms with Crippen molar-refractivity contribution in [2.24, 2.45) is 0 Å². The van der Waals surface area contributed by atoms with E-state index in [0.29, 0.717) is 20.7 Å². The van der Waals surface area contributed by atoms with E-state index in [1.807, 2.05) is 0 Å². The number of aromatic amines is 1. The van der Waals surface area contributed by atoms with Gasteiger partial charge in [0.05, 0.1) is 22.9 Å². The van der Waals surface area contributed by atoms with Crippen LogP contribution >= 0.6 is 11.3 Å². The number of Topliss-reactive ketones (excluding diaryl/α,β-unsaturated/α-hetero) is 1. The molecule has 0 atom stereocenters. The average Bonchev–Trinajstić information content (AvgIpc) is 3.15. The standard InChI is InChI=1S/C15H13N3O4S/c1-7-11-13(20)17-10(6-8(19)9-4-3-5-22-9)18-15(11)23-12(7)14(21)16-2/h3-5H,6H2,1-2H3,(H,16,21)(H,17,18,20). The number of carbonyl (C=O) groups excluding carboxylic acids is 2. The van der Waals surface area contributed by atoms with Crippen LogP contribution in [-0.2, 0) is 6.42 Å². The zero-order chi connectivity index (χ0) is 16.6. The van der Waals surface area contributed by atoms with Crippen molar-refractivity contribution in [2.75, 3.05) is 7.05 Å². The van der Waals surface area contributed by atoms with E-state index >= 15 is 0 Å². The first-order valence-electron chi connectivity index (χ1n) is 6.82. The molecule has 7 nitrogen and oxygen atoms in total. The maximum absolute atomic E-state index is 12.3. The SMILES string of the molecule is CNC(=O)c1sc2nc(CC(=O)c3ccco3)[nH]c(=O)c2c1C. The number of nitrogens with one attached hydrogen (secondary N) is 2. The van der Waals surface area contributed by atoms with Gasteiger partial charge < -0.3 is 14.7 Å². The van der Waals surface area contributed by atoms with E-state index in [-0.39, 0.29) is 35.3 Å². The van der Waals surface area contributed by atoms with Crippen LogP contribution in [0.15, 0.2) is 27.6 Å². The van der Waals surface area contributed by atoms with E-state index in [4.69, 9.17) is 4.42 Å². The summed E-state index contributed by atoms with van der Waals surface area (Å²) in [7, 11) is 1.53. The summed E-state index contributed by atoms with van der Waals surface area (Å²) in [6.07, 6.45) is 1.33. The molecule has 0 bridgehead atoms. The van der Waals surface area contributed by atoms with Gasteiger partial charge in [-0.2, -0.15) is 0 Å². The van der Waals surface area contributed by atoms with E-state index in [2.05, 4.69) is 15.3 Å². The van der Waals surface area contributed by atoms with Crippen molar-refractivity contribution < 1.29 is 14.0 Å². The molecule has 0 aromatic carbocycles. The lowest BCUT2D eigenvalue weighted by Gasteiger charge is -1.99. The number of aromatic nitrogens is 2. The summed E-state index contributed by atoms with van der Waals surface area (Å²) < 4.78 is 5.03. The van der Waals surface area contributed by atoms with Crippen molar-refractivity contribution in [3.63, 3.8) is 0 Å². The molecule has 3 aromatic rings. The van der Waals surface area contributed by atoms with E-state index in [0.717, 1.165) is 11.3 Å². The van der Waals surface area contributed by atoms with Gasteiger partial charge in [0.1, 0.15) is 10.7 Å². The van der Waals surface area contributed by atoms with Gasteiger partial charge in [0.25, 0.3) is 11.5 Å². The molecule has 0 fully saturated rings. The lowest BCUT2D eigenvalue weighted by atomic mass is 10.2. The zero-order valence-corrected chi connectivity index (χ0v) is 13.2. The molecule has 2 N–H and O–H groups in total. The van der Waals surface area contributed by atoms with Gasteiger partial charge >= 0.3 is 0 Å². The molecule has 0 aliphatic carbocycles. The van der Waals surface area contributed by atoms with Crippen LogP contribution in [0.25, 0.3) is 10.2 Å². The number of hydrogen-bond donors (Lipinski definition) is 2. The zero-order valence-electron chi connectivity index (χ0n) is 12.4. The molecule has 3 rings (SSSR count). The summed E-state index contributed by atoms with van der Waals surface area (Å²) in [4.78, 5) is 43.9. The second kappa shape index (κ2) is 5.81. The van der Waals surface area contributed by atoms with Crippen LogP contribution in [0.2, 0.25) is 0 Å². The van der Waals surface area contributed by atoms with Crippen molar-refractivity contribution in [3.8, 4) is 0 Å². The summed E-state index contributed by atoms with van der Waals surface area (Å²) >= 11 is 1.13. The molecule has 118 valence electrons. The van der Waals surface area contributed by atoms with Gasteiger partial charge in [0.15, 0.2) is 5.76 Å². The molecule has 1 amide bonds. The Morgan fingerprint density at radius 2 is 2.22 bits per heavy atom. The van der Waals surface area contributed by atoms with Crippen LogP contribution in [0.3, 0.4) is 0 Å². The fourth-order valence-electron chi connectivity index (χ4n) is 2.28. The summed E-state index contributed by atoms with van der Waals surface area (Å²) in [6.45, 7) is 1.70. The first kappa shape index (κ1) is 15.2. The minimum Gasteiger partial charge on any atom is -0.461 e. The van der Waals surface area contributed by atoms with Gasteiger partial charge in [0, 0.05) is 7.05 Å². The highest BCUT2D eigenvalue weighted by molar-refractivity contribution is 7.20. The Labute approximate surface area is 134 Å². The Balaban J connectivity index is 2.03. The average molecular weight is 331 g/mol. The molecule has 0 radical (unpaired) electrons. The summed E-state index contributed by atoms with van der Waals surface area (Å²) in [6, 6.07) is 3.17. The van der Waals surface area contributed by atoms with Crippen molar-refractivity contribution in [1.82, 2.24) is 15.3 Å². The minimum absolute atomic E-state index is 0.0784. The number of carbonyl (C=O) groups is 2. The fraction of sp³-hybridized carbons (Fsp3) is 0.200. The van der Waals surface area contributed by atoms with Crippen LogP contribution < -0.4 is 10.9 Å². The Morgan fingerprint density at radius 3 is 2.87 bits per heavy atom. The number of thiophene rings is 1. The van der Waals surface area contributed by atoms with E-state index in [9.17, 15) is 14.4 Å². The van der Waals surface area contributed by atoms with Gasteiger partial charge in [0.2, 0.25) is 5.78 Å². The summed E-state index contributed by atoms with van der Waals surface area (Å²) in [5, 5.41) is 2.91. The van der Waals surface area contributed by atoms with Gasteiger partial charge in [-0.15, -0.1) is 11.3 Å². The lowest BCUT2D eigenvalue weighted by Crippen LogP contribution is -2.18. The quantitative estimate of drug-likeness (QED) is 0.708. The van der Waals surface area contributed by atoms with Crippen molar-refractivity contribution in [2.45, 2.75) is 13.3 Å². The largest absolute Gasteiger partial charge is 0.461 e. The highest BCUT2D eigenvalue weighted by Gasteiger charge is 2.19. The molecule has 0 spiro atoms. The molecule has 0 unspecified atom stereocenters. The van der Waals surface area contributed by atoms with Crippen molar-refractivity contribution in [1.29, 1.82) is 0 Å². The molecule has 0 saturated carbocycles. The molecule has 0 aliphatic heterocycles. The number of aryl methyl sites for hydroxylation is 1. The first-order chi connectivity index (χ1) is 11.0. The monoisotopic (exact) mass is 331 g/mol. The van der Waals surface area contributed by atoms with Crippen molar-refractivity contribution >= 4 is 33.2 Å². The van der Waals surface area contributed by atoms with Gasteiger partial charge in [-0.1, -0.05) is 0 Å². The van der Waals surface area contributed by atoms with Crippen LogP contribution in [0.5, 0.6) is 0 Å². The highest BCUT2D eigenvalue weighted by Crippen LogP contribution is 2.26. The first-order valence-corrected chi connectivity index (χ1v) is 7.64. The topological polar surface area (TPSA) is 105 Å². The number of H-pyrrole nitrogens is 1. The maximum Gasteiger partial charge on any atom is 0.261 e. The number of amides is 1. The van der Waals surface area contributed by atoms with Gasteiger partial charge in [-0.25, -0.2) is 4.98 Å². The van der Waals surface area contributed by atoms with E-state index < -0.39 is 0 Å². The smallest absolute Gasteiger partial charge is 0.261 e. The third-order valence-electron chi connectivity index (χ3n) is 3.41.